The summed E-state index contributed by atoms with van der Waals surface area (Å²) in [4.78, 5) is 11.7. The standard InChI is InChI=1S/C24H46O4/c1-4-5-6-7-8-9-10-11-12-13-14-15-16-17-18-19-24(26)28-21-23(3)27-20-22(2)25/h11-12,22-23,25H,4-10,13-21H2,1-3H3. The highest BCUT2D eigenvalue weighted by Crippen LogP contribution is 2.10. The fraction of sp³-hybridized carbons (Fsp3) is 0.875. The molecule has 0 heterocycles. The van der Waals surface area contributed by atoms with Gasteiger partial charge in [0.1, 0.15) is 6.61 Å². The lowest BCUT2D eigenvalue weighted by molar-refractivity contribution is -0.148. The van der Waals surface area contributed by atoms with E-state index in [1.54, 1.807) is 6.92 Å². The van der Waals surface area contributed by atoms with Gasteiger partial charge in [-0.3, -0.25) is 4.79 Å². The van der Waals surface area contributed by atoms with Gasteiger partial charge < -0.3 is 14.6 Å². The van der Waals surface area contributed by atoms with Crippen LogP contribution in [0.5, 0.6) is 0 Å². The van der Waals surface area contributed by atoms with Crippen molar-refractivity contribution in [2.45, 2.75) is 123 Å². The smallest absolute Gasteiger partial charge is 0.305 e. The average molecular weight is 399 g/mol. The molecule has 0 aromatic heterocycles. The van der Waals surface area contributed by atoms with Crippen molar-refractivity contribution in [2.24, 2.45) is 0 Å². The van der Waals surface area contributed by atoms with Crippen LogP contribution < -0.4 is 0 Å². The predicted molar refractivity (Wildman–Crippen MR) is 118 cm³/mol. The van der Waals surface area contributed by atoms with E-state index in [0.717, 1.165) is 12.8 Å². The maximum absolute atomic E-state index is 11.7. The third-order valence-electron chi connectivity index (χ3n) is 4.74. The fourth-order valence-electron chi connectivity index (χ4n) is 2.97. The molecule has 0 radical (unpaired) electrons. The number of allylic oxidation sites excluding steroid dienone is 2. The van der Waals surface area contributed by atoms with Gasteiger partial charge in [0.25, 0.3) is 0 Å². The van der Waals surface area contributed by atoms with Gasteiger partial charge in [0.05, 0.1) is 18.8 Å². The number of rotatable bonds is 20. The van der Waals surface area contributed by atoms with Gasteiger partial charge in [0, 0.05) is 6.42 Å². The molecular formula is C24H46O4. The molecule has 0 saturated carbocycles. The second-order valence-electron chi connectivity index (χ2n) is 8.01. The Morgan fingerprint density at radius 3 is 1.93 bits per heavy atom. The Kier molecular flexibility index (Phi) is 20.2. The van der Waals surface area contributed by atoms with Crippen LogP contribution >= 0.6 is 0 Å². The number of esters is 1. The highest BCUT2D eigenvalue weighted by molar-refractivity contribution is 5.69. The number of aliphatic hydroxyl groups is 1. The molecular weight excluding hydrogens is 352 g/mol. The minimum absolute atomic E-state index is 0.148. The molecule has 2 unspecified atom stereocenters. The Labute approximate surface area is 174 Å². The lowest BCUT2D eigenvalue weighted by Crippen LogP contribution is -2.23. The zero-order valence-electron chi connectivity index (χ0n) is 18.8. The molecule has 4 nitrogen and oxygen atoms in total. The molecule has 0 aliphatic heterocycles. The first-order chi connectivity index (χ1) is 13.6. The summed E-state index contributed by atoms with van der Waals surface area (Å²) in [5.41, 5.74) is 0. The van der Waals surface area contributed by atoms with Crippen LogP contribution in [-0.2, 0) is 14.3 Å². The minimum atomic E-state index is -0.492. The lowest BCUT2D eigenvalue weighted by atomic mass is 10.1. The summed E-state index contributed by atoms with van der Waals surface area (Å²) in [6.45, 7) is 6.31. The van der Waals surface area contributed by atoms with Crippen LogP contribution in [0.2, 0.25) is 0 Å². The van der Waals surface area contributed by atoms with E-state index in [1.165, 1.54) is 70.6 Å². The molecule has 2 atom stereocenters. The maximum atomic E-state index is 11.7. The Morgan fingerprint density at radius 1 is 0.821 bits per heavy atom. The number of unbranched alkanes of at least 4 members (excludes halogenated alkanes) is 11. The van der Waals surface area contributed by atoms with Gasteiger partial charge in [-0.25, -0.2) is 0 Å². The van der Waals surface area contributed by atoms with E-state index in [4.69, 9.17) is 14.6 Å². The molecule has 28 heavy (non-hydrogen) atoms. The van der Waals surface area contributed by atoms with Crippen molar-refractivity contribution >= 4 is 5.97 Å². The third-order valence-corrected chi connectivity index (χ3v) is 4.74. The maximum Gasteiger partial charge on any atom is 0.305 e. The highest BCUT2D eigenvalue weighted by atomic mass is 16.6. The zero-order valence-corrected chi connectivity index (χ0v) is 18.8. The molecule has 166 valence electrons. The minimum Gasteiger partial charge on any atom is -0.463 e. The summed E-state index contributed by atoms with van der Waals surface area (Å²) in [7, 11) is 0. The first-order valence-corrected chi connectivity index (χ1v) is 11.7. The third kappa shape index (κ3) is 21.4. The molecule has 0 aromatic carbocycles. The summed E-state index contributed by atoms with van der Waals surface area (Å²) in [5.74, 6) is -0.148. The molecule has 0 saturated heterocycles. The monoisotopic (exact) mass is 398 g/mol. The molecule has 4 heteroatoms. The topological polar surface area (TPSA) is 55.8 Å². The van der Waals surface area contributed by atoms with Crippen LogP contribution in [0.1, 0.15) is 111 Å². The molecule has 1 N–H and O–H groups in total. The summed E-state index contributed by atoms with van der Waals surface area (Å²) in [5, 5.41) is 9.14. The number of hydrogen-bond donors (Lipinski definition) is 1. The first kappa shape index (κ1) is 27.1. The van der Waals surface area contributed by atoms with Crippen molar-refractivity contribution in [2.75, 3.05) is 13.2 Å². The van der Waals surface area contributed by atoms with Crippen LogP contribution in [0.25, 0.3) is 0 Å². The van der Waals surface area contributed by atoms with E-state index in [9.17, 15) is 4.79 Å². The van der Waals surface area contributed by atoms with E-state index < -0.39 is 6.10 Å². The molecule has 0 fully saturated rings. The molecule has 0 rings (SSSR count). The Bertz CT molecular complexity index is 366. The van der Waals surface area contributed by atoms with Gasteiger partial charge in [-0.05, 0) is 46.0 Å². The van der Waals surface area contributed by atoms with Crippen LogP contribution in [0.15, 0.2) is 12.2 Å². The van der Waals surface area contributed by atoms with Gasteiger partial charge >= 0.3 is 5.97 Å². The van der Waals surface area contributed by atoms with E-state index in [-0.39, 0.29) is 25.3 Å². The number of carbonyl (C=O) groups is 1. The molecule has 0 aliphatic rings. The number of aliphatic hydroxyl groups excluding tert-OH is 1. The number of carbonyl (C=O) groups excluding carboxylic acids is 1. The van der Waals surface area contributed by atoms with Crippen LogP contribution in [0.3, 0.4) is 0 Å². The predicted octanol–water partition coefficient (Wildman–Crippen LogP) is 6.35. The van der Waals surface area contributed by atoms with Crippen LogP contribution in [0, 0.1) is 0 Å². The summed E-state index contributed by atoms with van der Waals surface area (Å²) in [6, 6.07) is 0. The molecule has 0 bridgehead atoms. The van der Waals surface area contributed by atoms with Crippen molar-refractivity contribution < 1.29 is 19.4 Å². The Balaban J connectivity index is 3.31. The van der Waals surface area contributed by atoms with Crippen molar-refractivity contribution in [3.05, 3.63) is 12.2 Å². The largest absolute Gasteiger partial charge is 0.463 e. The highest BCUT2D eigenvalue weighted by Gasteiger charge is 2.08. The number of ether oxygens (including phenoxy) is 2. The van der Waals surface area contributed by atoms with Crippen molar-refractivity contribution in [1.82, 2.24) is 0 Å². The molecule has 0 aromatic rings. The summed E-state index contributed by atoms with van der Waals surface area (Å²) < 4.78 is 10.6. The number of hydrogen-bond acceptors (Lipinski definition) is 4. The lowest BCUT2D eigenvalue weighted by Gasteiger charge is -2.14. The van der Waals surface area contributed by atoms with E-state index in [1.807, 2.05) is 6.92 Å². The van der Waals surface area contributed by atoms with E-state index in [2.05, 4.69) is 19.1 Å². The van der Waals surface area contributed by atoms with Crippen molar-refractivity contribution in [1.29, 1.82) is 0 Å². The van der Waals surface area contributed by atoms with E-state index in [0.29, 0.717) is 6.42 Å². The van der Waals surface area contributed by atoms with Crippen LogP contribution in [0.4, 0.5) is 0 Å². The van der Waals surface area contributed by atoms with E-state index >= 15 is 0 Å². The second-order valence-corrected chi connectivity index (χ2v) is 8.01. The van der Waals surface area contributed by atoms with Crippen molar-refractivity contribution in [3.8, 4) is 0 Å². The molecule has 0 aliphatic carbocycles. The normalized spacial score (nSPS) is 13.7. The van der Waals surface area contributed by atoms with Gasteiger partial charge in [0.15, 0.2) is 0 Å². The quantitative estimate of drug-likeness (QED) is 0.147. The van der Waals surface area contributed by atoms with Gasteiger partial charge in [-0.1, -0.05) is 70.4 Å². The Morgan fingerprint density at radius 2 is 1.36 bits per heavy atom. The first-order valence-electron chi connectivity index (χ1n) is 11.7. The van der Waals surface area contributed by atoms with Gasteiger partial charge in [-0.15, -0.1) is 0 Å². The average Bonchev–Trinajstić information content (AvgIpc) is 2.67. The summed E-state index contributed by atoms with van der Waals surface area (Å²) >= 11 is 0. The zero-order chi connectivity index (χ0) is 20.9. The van der Waals surface area contributed by atoms with Crippen molar-refractivity contribution in [3.63, 3.8) is 0 Å². The fourth-order valence-corrected chi connectivity index (χ4v) is 2.97. The van der Waals surface area contributed by atoms with Gasteiger partial charge in [0.2, 0.25) is 0 Å². The summed E-state index contributed by atoms with van der Waals surface area (Å²) in [6.07, 6.45) is 20.8. The molecule has 0 spiro atoms. The van der Waals surface area contributed by atoms with Gasteiger partial charge in [-0.2, -0.15) is 0 Å². The van der Waals surface area contributed by atoms with Crippen LogP contribution in [-0.4, -0.2) is 36.5 Å². The Hall–Kier alpha value is -0.870. The SMILES string of the molecule is CCCCCCCCC=CCCCCCCCC(=O)OCC(C)OCC(C)O. The second kappa shape index (κ2) is 20.9. The molecule has 0 amide bonds.